The van der Waals surface area contributed by atoms with Gasteiger partial charge in [-0.2, -0.15) is 0 Å². The van der Waals surface area contributed by atoms with Gasteiger partial charge in [0.05, 0.1) is 10.4 Å². The average molecular weight is 265 g/mol. The van der Waals surface area contributed by atoms with Crippen molar-refractivity contribution in [2.24, 2.45) is 11.3 Å². The van der Waals surface area contributed by atoms with Crippen molar-refractivity contribution in [3.63, 3.8) is 0 Å². The minimum atomic E-state index is -0.0895. The molecular weight excluding hydrogens is 248 g/mol. The average Bonchev–Trinajstić information content (AvgIpc) is 3.05. The normalized spacial score (nSPS) is 21.2. The number of nitrogens with one attached hydrogen (secondary N) is 1. The molecule has 0 aromatic carbocycles. The fraction of sp³-hybridized carbons (Fsp3) is 0.571. The number of aryl methyl sites for hydroxylation is 1. The van der Waals surface area contributed by atoms with Gasteiger partial charge in [-0.05, 0) is 50.2 Å². The monoisotopic (exact) mass is 264 g/mol. The molecule has 0 radical (unpaired) electrons. The van der Waals surface area contributed by atoms with Gasteiger partial charge in [0.1, 0.15) is 5.82 Å². The second-order valence-electron chi connectivity index (χ2n) is 5.56. The largest absolute Gasteiger partial charge is 0.310 e. The van der Waals surface area contributed by atoms with E-state index in [1.807, 2.05) is 13.0 Å². The molecular formula is C14H17ClN2O. The summed E-state index contributed by atoms with van der Waals surface area (Å²) in [6.07, 6.45) is 7.25. The molecule has 18 heavy (non-hydrogen) atoms. The van der Waals surface area contributed by atoms with Crippen molar-refractivity contribution >= 4 is 23.3 Å². The predicted octanol–water partition coefficient (Wildman–Crippen LogP) is 3.56. The maximum Gasteiger partial charge on any atom is 0.232 e. The summed E-state index contributed by atoms with van der Waals surface area (Å²) in [5, 5.41) is 3.60. The van der Waals surface area contributed by atoms with Crippen molar-refractivity contribution in [3.8, 4) is 0 Å². The van der Waals surface area contributed by atoms with Crippen LogP contribution in [-0.4, -0.2) is 10.9 Å². The fourth-order valence-electron chi connectivity index (χ4n) is 2.92. The number of anilines is 1. The first-order valence-electron chi connectivity index (χ1n) is 6.55. The summed E-state index contributed by atoms with van der Waals surface area (Å²) in [4.78, 5) is 16.7. The summed E-state index contributed by atoms with van der Waals surface area (Å²) in [5.41, 5.74) is 0.828. The van der Waals surface area contributed by atoms with E-state index in [0.29, 0.717) is 16.8 Å². The molecule has 3 nitrogen and oxygen atoms in total. The Hall–Kier alpha value is -1.09. The number of carbonyl (C=O) groups is 1. The summed E-state index contributed by atoms with van der Waals surface area (Å²) >= 11 is 5.87. The van der Waals surface area contributed by atoms with E-state index in [2.05, 4.69) is 10.3 Å². The lowest BCUT2D eigenvalue weighted by molar-refractivity contribution is -0.132. The third-order valence-electron chi connectivity index (χ3n) is 4.33. The van der Waals surface area contributed by atoms with Gasteiger partial charge in [0, 0.05) is 6.20 Å². The van der Waals surface area contributed by atoms with Gasteiger partial charge in [0.25, 0.3) is 0 Å². The van der Waals surface area contributed by atoms with E-state index in [9.17, 15) is 4.79 Å². The SMILES string of the molecule is Cc1cc(Cl)cnc1NC(=O)C1(C2CC2)CCC1. The highest BCUT2D eigenvalue weighted by molar-refractivity contribution is 6.30. The van der Waals surface area contributed by atoms with Crippen molar-refractivity contribution in [1.29, 1.82) is 0 Å². The van der Waals surface area contributed by atoms with Crippen LogP contribution >= 0.6 is 11.6 Å². The molecule has 0 aliphatic heterocycles. The number of carbonyl (C=O) groups excluding carboxylic acids is 1. The Morgan fingerprint density at radius 3 is 2.72 bits per heavy atom. The van der Waals surface area contributed by atoms with Gasteiger partial charge in [0.15, 0.2) is 0 Å². The lowest BCUT2D eigenvalue weighted by Crippen LogP contribution is -2.44. The molecule has 0 saturated heterocycles. The van der Waals surface area contributed by atoms with Gasteiger partial charge in [-0.3, -0.25) is 4.79 Å². The Morgan fingerprint density at radius 2 is 2.22 bits per heavy atom. The van der Waals surface area contributed by atoms with E-state index in [1.54, 1.807) is 6.20 Å². The molecule has 1 aromatic heterocycles. The van der Waals surface area contributed by atoms with Crippen molar-refractivity contribution in [3.05, 3.63) is 22.8 Å². The molecule has 2 aliphatic carbocycles. The number of aromatic nitrogens is 1. The third-order valence-corrected chi connectivity index (χ3v) is 4.54. The van der Waals surface area contributed by atoms with Gasteiger partial charge in [-0.15, -0.1) is 0 Å². The Kier molecular flexibility index (Phi) is 2.81. The molecule has 0 unspecified atom stereocenters. The van der Waals surface area contributed by atoms with Gasteiger partial charge < -0.3 is 5.32 Å². The van der Waals surface area contributed by atoms with E-state index in [1.165, 1.54) is 19.3 Å². The molecule has 1 heterocycles. The quantitative estimate of drug-likeness (QED) is 0.907. The second kappa shape index (κ2) is 4.23. The molecule has 2 saturated carbocycles. The summed E-state index contributed by atoms with van der Waals surface area (Å²) in [6.45, 7) is 1.92. The molecule has 2 fully saturated rings. The van der Waals surface area contributed by atoms with Gasteiger partial charge in [0.2, 0.25) is 5.91 Å². The number of pyridine rings is 1. The fourth-order valence-corrected chi connectivity index (χ4v) is 3.13. The lowest BCUT2D eigenvalue weighted by atomic mass is 9.64. The number of hydrogen-bond donors (Lipinski definition) is 1. The van der Waals surface area contributed by atoms with Crippen molar-refractivity contribution in [1.82, 2.24) is 4.98 Å². The number of halogens is 1. The molecule has 0 atom stereocenters. The van der Waals surface area contributed by atoms with E-state index >= 15 is 0 Å². The van der Waals surface area contributed by atoms with Crippen LogP contribution in [-0.2, 0) is 4.79 Å². The molecule has 0 spiro atoms. The molecule has 1 amide bonds. The van der Waals surface area contributed by atoms with Crippen LogP contribution in [0.15, 0.2) is 12.3 Å². The van der Waals surface area contributed by atoms with E-state index in [4.69, 9.17) is 11.6 Å². The van der Waals surface area contributed by atoms with Crippen molar-refractivity contribution < 1.29 is 4.79 Å². The molecule has 96 valence electrons. The minimum Gasteiger partial charge on any atom is -0.310 e. The van der Waals surface area contributed by atoms with Gasteiger partial charge >= 0.3 is 0 Å². The maximum atomic E-state index is 12.5. The van der Waals surface area contributed by atoms with Crippen LogP contribution in [0.25, 0.3) is 0 Å². The first-order chi connectivity index (χ1) is 8.62. The predicted molar refractivity (Wildman–Crippen MR) is 71.6 cm³/mol. The van der Waals surface area contributed by atoms with Crippen LogP contribution in [0.1, 0.15) is 37.7 Å². The van der Waals surface area contributed by atoms with Gasteiger partial charge in [-0.1, -0.05) is 18.0 Å². The highest BCUT2D eigenvalue weighted by Gasteiger charge is 2.54. The molecule has 1 aromatic rings. The second-order valence-corrected chi connectivity index (χ2v) is 5.99. The van der Waals surface area contributed by atoms with E-state index in [0.717, 1.165) is 18.4 Å². The van der Waals surface area contributed by atoms with Crippen LogP contribution < -0.4 is 5.32 Å². The number of rotatable bonds is 3. The van der Waals surface area contributed by atoms with Gasteiger partial charge in [-0.25, -0.2) is 4.98 Å². The van der Waals surface area contributed by atoms with Crippen LogP contribution in [0.4, 0.5) is 5.82 Å². The maximum absolute atomic E-state index is 12.5. The van der Waals surface area contributed by atoms with Crippen molar-refractivity contribution in [2.45, 2.75) is 39.0 Å². The number of nitrogens with zero attached hydrogens (tertiary/aromatic N) is 1. The number of hydrogen-bond acceptors (Lipinski definition) is 2. The van der Waals surface area contributed by atoms with E-state index in [-0.39, 0.29) is 11.3 Å². The molecule has 2 aliphatic rings. The molecule has 4 heteroatoms. The zero-order valence-corrected chi connectivity index (χ0v) is 11.3. The lowest BCUT2D eigenvalue weighted by Gasteiger charge is -2.40. The van der Waals surface area contributed by atoms with Crippen LogP contribution in [0.2, 0.25) is 5.02 Å². The topological polar surface area (TPSA) is 42.0 Å². The van der Waals surface area contributed by atoms with E-state index < -0.39 is 0 Å². The Morgan fingerprint density at radius 1 is 1.50 bits per heavy atom. The van der Waals surface area contributed by atoms with Crippen LogP contribution in [0.3, 0.4) is 0 Å². The standard InChI is InChI=1S/C14H17ClN2O/c1-9-7-11(15)8-16-12(9)17-13(18)14(5-2-6-14)10-3-4-10/h7-8,10H,2-6H2,1H3,(H,16,17,18). The summed E-state index contributed by atoms with van der Waals surface area (Å²) < 4.78 is 0. The van der Waals surface area contributed by atoms with Crippen LogP contribution in [0, 0.1) is 18.3 Å². The summed E-state index contributed by atoms with van der Waals surface area (Å²) in [6, 6.07) is 1.83. The third kappa shape index (κ3) is 1.91. The summed E-state index contributed by atoms with van der Waals surface area (Å²) in [5.74, 6) is 1.42. The Balaban J connectivity index is 1.77. The first-order valence-corrected chi connectivity index (χ1v) is 6.93. The zero-order valence-electron chi connectivity index (χ0n) is 10.5. The highest BCUT2D eigenvalue weighted by Crippen LogP contribution is 2.57. The smallest absolute Gasteiger partial charge is 0.232 e. The first kappa shape index (κ1) is 12.0. The number of amides is 1. The van der Waals surface area contributed by atoms with Crippen molar-refractivity contribution in [2.75, 3.05) is 5.32 Å². The molecule has 1 N–H and O–H groups in total. The summed E-state index contributed by atoms with van der Waals surface area (Å²) in [7, 11) is 0. The Labute approximate surface area is 112 Å². The molecule has 0 bridgehead atoms. The highest BCUT2D eigenvalue weighted by atomic mass is 35.5. The minimum absolute atomic E-state index is 0.0895. The Bertz CT molecular complexity index is 493. The van der Waals surface area contributed by atoms with Crippen LogP contribution in [0.5, 0.6) is 0 Å². The zero-order chi connectivity index (χ0) is 12.8. The molecule has 3 rings (SSSR count).